The van der Waals surface area contributed by atoms with Crippen LogP contribution in [0.5, 0.6) is 0 Å². The van der Waals surface area contributed by atoms with Crippen molar-refractivity contribution in [2.75, 3.05) is 29.6 Å². The lowest BCUT2D eigenvalue weighted by Crippen LogP contribution is -2.11. The molecular formula is C22H25N5O. The van der Waals surface area contributed by atoms with Gasteiger partial charge in [-0.15, -0.1) is 5.10 Å². The first-order valence-corrected chi connectivity index (χ1v) is 9.31. The minimum Gasteiger partial charge on any atom is -0.376 e. The van der Waals surface area contributed by atoms with E-state index < -0.39 is 0 Å². The maximum Gasteiger partial charge on any atom is 0.224 e. The van der Waals surface area contributed by atoms with Crippen molar-refractivity contribution in [1.82, 2.24) is 10.2 Å². The molecule has 3 aromatic rings. The first kappa shape index (κ1) is 19.4. The van der Waals surface area contributed by atoms with Crippen molar-refractivity contribution in [3.05, 3.63) is 72.4 Å². The van der Waals surface area contributed by atoms with Gasteiger partial charge in [0.25, 0.3) is 0 Å². The van der Waals surface area contributed by atoms with Gasteiger partial charge >= 0.3 is 0 Å². The van der Waals surface area contributed by atoms with Crippen LogP contribution in [0.3, 0.4) is 0 Å². The smallest absolute Gasteiger partial charge is 0.224 e. The number of hydrogen-bond donors (Lipinski definition) is 2. The number of amides is 1. The molecule has 6 nitrogen and oxygen atoms in total. The Morgan fingerprint density at radius 3 is 2.43 bits per heavy atom. The molecule has 1 heterocycles. The van der Waals surface area contributed by atoms with Crippen LogP contribution < -0.4 is 15.5 Å². The molecule has 0 aliphatic carbocycles. The second kappa shape index (κ2) is 9.50. The van der Waals surface area contributed by atoms with Gasteiger partial charge in [0.1, 0.15) is 0 Å². The zero-order valence-corrected chi connectivity index (χ0v) is 16.2. The van der Waals surface area contributed by atoms with Crippen LogP contribution in [0.25, 0.3) is 0 Å². The summed E-state index contributed by atoms with van der Waals surface area (Å²) in [4.78, 5) is 14.1. The molecular weight excluding hydrogens is 350 g/mol. The summed E-state index contributed by atoms with van der Waals surface area (Å²) >= 11 is 0. The van der Waals surface area contributed by atoms with E-state index in [0.29, 0.717) is 12.2 Å². The Balaban J connectivity index is 1.48. The number of carbonyl (C=O) groups is 1. The van der Waals surface area contributed by atoms with Gasteiger partial charge in [-0.25, -0.2) is 0 Å². The lowest BCUT2D eigenvalue weighted by Gasteiger charge is -2.13. The largest absolute Gasteiger partial charge is 0.376 e. The van der Waals surface area contributed by atoms with Crippen molar-refractivity contribution in [3.63, 3.8) is 0 Å². The molecule has 0 atom stereocenters. The van der Waals surface area contributed by atoms with Crippen LogP contribution >= 0.6 is 0 Å². The first-order valence-electron chi connectivity index (χ1n) is 9.31. The molecule has 1 aromatic heterocycles. The molecule has 0 saturated carbocycles. The number of rotatable bonds is 8. The first-order chi connectivity index (χ1) is 13.6. The van der Waals surface area contributed by atoms with E-state index in [1.807, 2.05) is 67.5 Å². The number of carbonyl (C=O) groups excluding carboxylic acids is 1. The summed E-state index contributed by atoms with van der Waals surface area (Å²) in [6.45, 7) is 0. The monoisotopic (exact) mass is 375 g/mol. The van der Waals surface area contributed by atoms with Crippen LogP contribution in [0.1, 0.15) is 18.4 Å². The lowest BCUT2D eigenvalue weighted by molar-refractivity contribution is -0.116. The van der Waals surface area contributed by atoms with Crippen molar-refractivity contribution in [2.45, 2.75) is 19.3 Å². The quantitative estimate of drug-likeness (QED) is 0.616. The van der Waals surface area contributed by atoms with Crippen LogP contribution in [0.15, 0.2) is 66.9 Å². The number of aromatic nitrogens is 2. The van der Waals surface area contributed by atoms with Gasteiger partial charge in [0.05, 0.1) is 11.9 Å². The number of anilines is 4. The highest BCUT2D eigenvalue weighted by molar-refractivity contribution is 5.90. The van der Waals surface area contributed by atoms with Gasteiger partial charge in [0.15, 0.2) is 5.82 Å². The third-order valence-electron chi connectivity index (χ3n) is 4.31. The minimum atomic E-state index is 0.0289. The van der Waals surface area contributed by atoms with Crippen molar-refractivity contribution >= 4 is 28.8 Å². The zero-order chi connectivity index (χ0) is 19.8. The van der Waals surface area contributed by atoms with E-state index >= 15 is 0 Å². The highest BCUT2D eigenvalue weighted by Gasteiger charge is 2.04. The second-order valence-corrected chi connectivity index (χ2v) is 6.78. The molecule has 0 unspecified atom stereocenters. The van der Waals surface area contributed by atoms with E-state index in [-0.39, 0.29) is 5.91 Å². The third-order valence-corrected chi connectivity index (χ3v) is 4.31. The van der Waals surface area contributed by atoms with Gasteiger partial charge in [-0.3, -0.25) is 4.79 Å². The predicted molar refractivity (Wildman–Crippen MR) is 114 cm³/mol. The summed E-state index contributed by atoms with van der Waals surface area (Å²) in [6, 6.07) is 19.7. The van der Waals surface area contributed by atoms with E-state index in [1.54, 1.807) is 6.20 Å². The maximum atomic E-state index is 12.1. The topological polar surface area (TPSA) is 70.2 Å². The summed E-state index contributed by atoms with van der Waals surface area (Å²) in [5.41, 5.74) is 3.89. The predicted octanol–water partition coefficient (Wildman–Crippen LogP) is 4.25. The van der Waals surface area contributed by atoms with Crippen LogP contribution in [0.2, 0.25) is 0 Å². The number of nitrogens with zero attached hydrogens (tertiary/aromatic N) is 3. The van der Waals surface area contributed by atoms with Gasteiger partial charge in [-0.1, -0.05) is 30.3 Å². The Morgan fingerprint density at radius 2 is 1.71 bits per heavy atom. The Labute approximate surface area is 165 Å². The van der Waals surface area contributed by atoms with Gasteiger partial charge in [0.2, 0.25) is 5.91 Å². The molecule has 0 aliphatic heterocycles. The molecule has 0 aliphatic rings. The summed E-state index contributed by atoms with van der Waals surface area (Å²) < 4.78 is 0. The van der Waals surface area contributed by atoms with Crippen molar-refractivity contribution < 1.29 is 4.79 Å². The zero-order valence-electron chi connectivity index (χ0n) is 16.2. The molecule has 6 heteroatoms. The minimum absolute atomic E-state index is 0.0289. The average Bonchev–Trinajstić information content (AvgIpc) is 2.70. The second-order valence-electron chi connectivity index (χ2n) is 6.78. The highest BCUT2D eigenvalue weighted by atomic mass is 16.1. The number of aryl methyl sites for hydroxylation is 1. The van der Waals surface area contributed by atoms with Gasteiger partial charge in [-0.2, -0.15) is 5.10 Å². The molecule has 0 fully saturated rings. The Morgan fingerprint density at radius 1 is 1.00 bits per heavy atom. The van der Waals surface area contributed by atoms with Gasteiger partial charge < -0.3 is 15.5 Å². The number of benzene rings is 2. The number of hydrogen-bond acceptors (Lipinski definition) is 5. The molecule has 3 rings (SSSR count). The molecule has 2 aromatic carbocycles. The van der Waals surface area contributed by atoms with Crippen LogP contribution in [0, 0.1) is 0 Å². The van der Waals surface area contributed by atoms with E-state index in [1.165, 1.54) is 5.56 Å². The fraction of sp³-hybridized carbons (Fsp3) is 0.227. The number of nitrogens with one attached hydrogen (secondary N) is 2. The van der Waals surface area contributed by atoms with Crippen molar-refractivity contribution in [2.24, 2.45) is 0 Å². The molecule has 144 valence electrons. The van der Waals surface area contributed by atoms with Crippen LogP contribution in [-0.4, -0.2) is 30.2 Å². The molecule has 0 bridgehead atoms. The van der Waals surface area contributed by atoms with Gasteiger partial charge in [0, 0.05) is 38.0 Å². The van der Waals surface area contributed by atoms with Crippen molar-refractivity contribution in [3.8, 4) is 0 Å². The molecule has 0 radical (unpaired) electrons. The molecule has 0 saturated heterocycles. The normalized spacial score (nSPS) is 10.4. The fourth-order valence-electron chi connectivity index (χ4n) is 2.77. The van der Waals surface area contributed by atoms with E-state index in [4.69, 9.17) is 0 Å². The lowest BCUT2D eigenvalue weighted by atomic mass is 10.1. The fourth-order valence-corrected chi connectivity index (χ4v) is 2.77. The molecule has 1 amide bonds. The van der Waals surface area contributed by atoms with Crippen LogP contribution in [0.4, 0.5) is 22.9 Å². The maximum absolute atomic E-state index is 12.1. The summed E-state index contributed by atoms with van der Waals surface area (Å²) in [5.74, 6) is 0.699. The molecule has 28 heavy (non-hydrogen) atoms. The summed E-state index contributed by atoms with van der Waals surface area (Å²) in [6.07, 6.45) is 3.95. The molecule has 0 spiro atoms. The SMILES string of the molecule is CN(C)c1cnnc(Nc2ccc(NC(=O)CCCc3ccccc3)cc2)c1. The van der Waals surface area contributed by atoms with Crippen molar-refractivity contribution in [1.29, 1.82) is 0 Å². The molecule has 2 N–H and O–H groups in total. The standard InChI is InChI=1S/C22H25N5O/c1-27(2)20-15-21(26-23-16-20)24-18-11-13-19(14-12-18)25-22(28)10-6-9-17-7-4-3-5-8-17/h3-5,7-8,11-16H,6,9-10H2,1-2H3,(H,24,26)(H,25,28). The van der Waals surface area contributed by atoms with E-state index in [2.05, 4.69) is 33.0 Å². The third kappa shape index (κ3) is 5.81. The Kier molecular flexibility index (Phi) is 6.57. The average molecular weight is 375 g/mol. The van der Waals surface area contributed by atoms with E-state index in [9.17, 15) is 4.79 Å². The van der Waals surface area contributed by atoms with Crippen LogP contribution in [-0.2, 0) is 11.2 Å². The Bertz CT molecular complexity index is 894. The highest BCUT2D eigenvalue weighted by Crippen LogP contribution is 2.20. The van der Waals surface area contributed by atoms with Gasteiger partial charge in [-0.05, 0) is 42.7 Å². The summed E-state index contributed by atoms with van der Waals surface area (Å²) in [7, 11) is 3.91. The Hall–Kier alpha value is -3.41. The van der Waals surface area contributed by atoms with E-state index in [0.717, 1.165) is 29.9 Å². The summed E-state index contributed by atoms with van der Waals surface area (Å²) in [5, 5.41) is 14.2.